The van der Waals surface area contributed by atoms with E-state index in [2.05, 4.69) is 31.9 Å². The molecule has 0 saturated heterocycles. The van der Waals surface area contributed by atoms with Crippen molar-refractivity contribution in [3.8, 4) is 0 Å². The number of ether oxygens (including phenoxy) is 1. The van der Waals surface area contributed by atoms with E-state index in [1.165, 1.54) is 0 Å². The maximum atomic E-state index is 11.9. The molecule has 0 aliphatic heterocycles. The van der Waals surface area contributed by atoms with Crippen molar-refractivity contribution in [3.63, 3.8) is 0 Å². The van der Waals surface area contributed by atoms with E-state index >= 15 is 0 Å². The van der Waals surface area contributed by atoms with Gasteiger partial charge in [0.1, 0.15) is 5.60 Å². The molecular weight excluding hydrogens is 414 g/mol. The van der Waals surface area contributed by atoms with Gasteiger partial charge in [0, 0.05) is 30.5 Å². The summed E-state index contributed by atoms with van der Waals surface area (Å²) in [4.78, 5) is 35.0. The molecule has 3 N–H and O–H groups in total. The van der Waals surface area contributed by atoms with Crippen LogP contribution in [0.15, 0.2) is 28.7 Å². The lowest BCUT2D eigenvalue weighted by Crippen LogP contribution is -2.35. The second-order valence-electron chi connectivity index (χ2n) is 7.04. The molecular formula is C19H28BrN3O4. The third kappa shape index (κ3) is 12.0. The molecule has 0 saturated carbocycles. The van der Waals surface area contributed by atoms with E-state index in [0.717, 1.165) is 10.0 Å². The second kappa shape index (κ2) is 11.6. The van der Waals surface area contributed by atoms with Gasteiger partial charge in [0.15, 0.2) is 0 Å². The van der Waals surface area contributed by atoms with Crippen LogP contribution < -0.4 is 16.0 Å². The number of carbonyl (C=O) groups excluding carboxylic acids is 3. The van der Waals surface area contributed by atoms with Crippen molar-refractivity contribution >= 4 is 33.8 Å². The summed E-state index contributed by atoms with van der Waals surface area (Å²) < 4.78 is 6.02. The number of benzene rings is 1. The van der Waals surface area contributed by atoms with Crippen LogP contribution in [0.1, 0.15) is 39.2 Å². The summed E-state index contributed by atoms with van der Waals surface area (Å²) in [5, 5.41) is 8.10. The molecule has 0 atom stereocenters. The Morgan fingerprint density at radius 1 is 1.00 bits per heavy atom. The van der Waals surface area contributed by atoms with Gasteiger partial charge in [0.25, 0.3) is 0 Å². The first-order valence-corrected chi connectivity index (χ1v) is 9.70. The Kier molecular flexibility index (Phi) is 9.85. The number of halogens is 1. The predicted molar refractivity (Wildman–Crippen MR) is 107 cm³/mol. The lowest BCUT2D eigenvalue weighted by Gasteiger charge is -2.19. The van der Waals surface area contributed by atoms with Gasteiger partial charge in [-0.15, -0.1) is 0 Å². The molecule has 1 aromatic rings. The van der Waals surface area contributed by atoms with Crippen molar-refractivity contribution in [2.75, 3.05) is 19.6 Å². The Balaban J connectivity index is 2.06. The number of rotatable bonds is 9. The number of alkyl carbamates (subject to hydrolysis) is 1. The summed E-state index contributed by atoms with van der Waals surface area (Å²) >= 11 is 3.38. The highest BCUT2D eigenvalue weighted by Gasteiger charge is 2.15. The summed E-state index contributed by atoms with van der Waals surface area (Å²) in [5.74, 6) is -0.215. The maximum absolute atomic E-state index is 11.9. The number of nitrogens with one attached hydrogen (secondary N) is 3. The smallest absolute Gasteiger partial charge is 0.407 e. The van der Waals surface area contributed by atoms with Gasteiger partial charge in [-0.05, 0) is 44.9 Å². The standard InChI is InChI=1S/C19H28BrN3O4/c1-19(2,3)27-18(26)23-11-8-16(24)21-9-5-10-22-17(25)13-14-6-4-7-15(20)12-14/h4,6-7,12H,5,8-11,13H2,1-3H3,(H,21,24)(H,22,25)(H,23,26). The molecule has 0 unspecified atom stereocenters. The summed E-state index contributed by atoms with van der Waals surface area (Å²) in [6.45, 7) is 6.49. The van der Waals surface area contributed by atoms with Crippen molar-refractivity contribution in [2.24, 2.45) is 0 Å². The molecule has 0 aromatic heterocycles. The minimum atomic E-state index is -0.562. The zero-order valence-corrected chi connectivity index (χ0v) is 17.6. The third-order valence-corrected chi connectivity index (χ3v) is 3.77. The fourth-order valence-corrected chi connectivity index (χ4v) is 2.57. The van der Waals surface area contributed by atoms with Crippen LogP contribution in [0.2, 0.25) is 0 Å². The average molecular weight is 442 g/mol. The van der Waals surface area contributed by atoms with Crippen LogP contribution >= 0.6 is 15.9 Å². The zero-order valence-electron chi connectivity index (χ0n) is 16.1. The van der Waals surface area contributed by atoms with Crippen LogP contribution in [0, 0.1) is 0 Å². The van der Waals surface area contributed by atoms with Crippen LogP contribution in [0.25, 0.3) is 0 Å². The van der Waals surface area contributed by atoms with E-state index in [-0.39, 0.29) is 24.8 Å². The molecule has 0 aliphatic rings. The largest absolute Gasteiger partial charge is 0.444 e. The number of hydrogen-bond acceptors (Lipinski definition) is 4. The predicted octanol–water partition coefficient (Wildman–Crippen LogP) is 2.53. The van der Waals surface area contributed by atoms with E-state index in [1.54, 1.807) is 20.8 Å². The fraction of sp³-hybridized carbons (Fsp3) is 0.526. The topological polar surface area (TPSA) is 96.5 Å². The minimum Gasteiger partial charge on any atom is -0.444 e. The van der Waals surface area contributed by atoms with Crippen molar-refractivity contribution in [2.45, 2.75) is 45.6 Å². The van der Waals surface area contributed by atoms with Gasteiger partial charge < -0.3 is 20.7 Å². The van der Waals surface area contributed by atoms with Gasteiger partial charge >= 0.3 is 6.09 Å². The van der Waals surface area contributed by atoms with E-state index in [9.17, 15) is 14.4 Å². The summed E-state index contributed by atoms with van der Waals surface area (Å²) in [5.41, 5.74) is 0.376. The quantitative estimate of drug-likeness (QED) is 0.512. The van der Waals surface area contributed by atoms with E-state index in [1.807, 2.05) is 24.3 Å². The highest BCUT2D eigenvalue weighted by molar-refractivity contribution is 9.10. The normalized spacial score (nSPS) is 10.8. The molecule has 0 aliphatic carbocycles. The van der Waals surface area contributed by atoms with Crippen LogP contribution in [0.3, 0.4) is 0 Å². The Morgan fingerprint density at radius 2 is 1.67 bits per heavy atom. The molecule has 0 spiro atoms. The molecule has 27 heavy (non-hydrogen) atoms. The first kappa shape index (κ1) is 23.0. The van der Waals surface area contributed by atoms with Gasteiger partial charge in [0.2, 0.25) is 11.8 Å². The molecule has 1 rings (SSSR count). The van der Waals surface area contributed by atoms with Crippen LogP contribution in [0.4, 0.5) is 4.79 Å². The molecule has 8 heteroatoms. The average Bonchev–Trinajstić information content (AvgIpc) is 2.52. The summed E-state index contributed by atoms with van der Waals surface area (Å²) in [7, 11) is 0. The Bertz CT molecular complexity index is 644. The first-order valence-electron chi connectivity index (χ1n) is 8.90. The molecule has 7 nitrogen and oxygen atoms in total. The van der Waals surface area contributed by atoms with Crippen LogP contribution in [-0.2, 0) is 20.7 Å². The monoisotopic (exact) mass is 441 g/mol. The van der Waals surface area contributed by atoms with Crippen molar-refractivity contribution in [1.82, 2.24) is 16.0 Å². The SMILES string of the molecule is CC(C)(C)OC(=O)NCCC(=O)NCCCNC(=O)Cc1cccc(Br)c1. The zero-order chi connectivity index (χ0) is 20.3. The van der Waals surface area contributed by atoms with Gasteiger partial charge in [-0.2, -0.15) is 0 Å². The molecule has 0 heterocycles. The minimum absolute atomic E-state index is 0.0546. The fourth-order valence-electron chi connectivity index (χ4n) is 2.12. The maximum Gasteiger partial charge on any atom is 0.407 e. The first-order chi connectivity index (χ1) is 12.7. The second-order valence-corrected chi connectivity index (χ2v) is 7.95. The Hall–Kier alpha value is -2.09. The highest BCUT2D eigenvalue weighted by Crippen LogP contribution is 2.11. The van der Waals surface area contributed by atoms with Crippen molar-refractivity contribution in [3.05, 3.63) is 34.3 Å². The third-order valence-electron chi connectivity index (χ3n) is 3.27. The molecule has 1 aromatic carbocycles. The molecule has 3 amide bonds. The van der Waals surface area contributed by atoms with Crippen molar-refractivity contribution in [1.29, 1.82) is 0 Å². The van der Waals surface area contributed by atoms with Gasteiger partial charge in [-0.3, -0.25) is 9.59 Å². The molecule has 0 bridgehead atoms. The summed E-state index contributed by atoms with van der Waals surface area (Å²) in [6.07, 6.45) is 0.593. The lowest BCUT2D eigenvalue weighted by molar-refractivity contribution is -0.121. The van der Waals surface area contributed by atoms with Gasteiger partial charge in [-0.1, -0.05) is 28.1 Å². The van der Waals surface area contributed by atoms with E-state index in [4.69, 9.17) is 4.74 Å². The van der Waals surface area contributed by atoms with Gasteiger partial charge in [-0.25, -0.2) is 4.79 Å². The van der Waals surface area contributed by atoms with Crippen molar-refractivity contribution < 1.29 is 19.1 Å². The van der Waals surface area contributed by atoms with E-state index < -0.39 is 11.7 Å². The summed E-state index contributed by atoms with van der Waals surface area (Å²) in [6, 6.07) is 7.61. The Morgan fingerprint density at radius 3 is 2.30 bits per heavy atom. The van der Waals surface area contributed by atoms with Crippen LogP contribution in [0.5, 0.6) is 0 Å². The lowest BCUT2D eigenvalue weighted by atomic mass is 10.1. The molecule has 150 valence electrons. The number of hydrogen-bond donors (Lipinski definition) is 3. The van der Waals surface area contributed by atoms with Gasteiger partial charge in [0.05, 0.1) is 6.42 Å². The number of amides is 3. The number of carbonyl (C=O) groups is 3. The van der Waals surface area contributed by atoms with E-state index in [0.29, 0.717) is 25.9 Å². The molecule has 0 radical (unpaired) electrons. The Labute approximate surface area is 168 Å². The van der Waals surface area contributed by atoms with Crippen LogP contribution in [-0.4, -0.2) is 43.1 Å². The highest BCUT2D eigenvalue weighted by atomic mass is 79.9. The molecule has 0 fully saturated rings.